The molecule has 0 saturated carbocycles. The number of urea groups is 1. The van der Waals surface area contributed by atoms with Crippen LogP contribution in [0, 0.1) is 0 Å². The Kier molecular flexibility index (Phi) is 7.87. The maximum atomic E-state index is 11.2. The second kappa shape index (κ2) is 8.56. The molecule has 1 atom stereocenters. The molecule has 0 aliphatic carbocycles. The fraction of sp³-hybridized carbons (Fsp3) is 0.571. The largest absolute Gasteiger partial charge is 0.394 e. The van der Waals surface area contributed by atoms with Gasteiger partial charge in [0.05, 0.1) is 12.7 Å². The zero-order valence-electron chi connectivity index (χ0n) is 9.72. The van der Waals surface area contributed by atoms with Crippen molar-refractivity contribution in [2.24, 2.45) is 10.7 Å². The zero-order chi connectivity index (χ0) is 14.9. The molecule has 0 aromatic heterocycles. The number of carbonyl (C=O) groups is 2. The van der Waals surface area contributed by atoms with Gasteiger partial charge in [0.25, 0.3) is 0 Å². The van der Waals surface area contributed by atoms with E-state index in [1.807, 2.05) is 5.32 Å². The minimum atomic E-state index is -4.35. The summed E-state index contributed by atoms with van der Waals surface area (Å²) in [6.45, 7) is -0.783. The molecule has 0 bridgehead atoms. The summed E-state index contributed by atoms with van der Waals surface area (Å²) < 4.78 is 15.2. The van der Waals surface area contributed by atoms with Gasteiger partial charge >= 0.3 is 13.6 Å². The van der Waals surface area contributed by atoms with E-state index in [2.05, 4.69) is 15.0 Å². The van der Waals surface area contributed by atoms with Crippen molar-refractivity contribution in [1.82, 2.24) is 10.6 Å². The number of rotatable bonds is 7. The van der Waals surface area contributed by atoms with E-state index in [0.29, 0.717) is 0 Å². The van der Waals surface area contributed by atoms with E-state index in [1.54, 1.807) is 0 Å². The quantitative estimate of drug-likeness (QED) is 0.127. The van der Waals surface area contributed by atoms with Gasteiger partial charge < -0.3 is 30.7 Å². The van der Waals surface area contributed by atoms with Crippen LogP contribution in [0.2, 0.25) is 0 Å². The Hall–Kier alpha value is -1.52. The topological polar surface area (TPSA) is 184 Å². The summed E-state index contributed by atoms with van der Waals surface area (Å²) in [5, 5.41) is 13.0. The number of hydrogen-bond donors (Lipinski definition) is 6. The molecule has 3 amide bonds. The lowest BCUT2D eigenvalue weighted by Crippen LogP contribution is -2.46. The molecule has 0 rings (SSSR count). The number of nitrogens with zero attached hydrogens (tertiary/aromatic N) is 1. The molecule has 11 nitrogen and oxygen atoms in total. The molecule has 0 aromatic rings. The molecule has 0 radical (unpaired) electrons. The van der Waals surface area contributed by atoms with Crippen LogP contribution in [0.5, 0.6) is 0 Å². The summed E-state index contributed by atoms with van der Waals surface area (Å²) in [6, 6.07) is -0.818. The number of hydrogen-bond acceptors (Lipinski definition) is 5. The van der Waals surface area contributed by atoms with Crippen LogP contribution in [0.15, 0.2) is 4.99 Å². The molecule has 0 spiro atoms. The van der Waals surface area contributed by atoms with E-state index in [9.17, 15) is 14.2 Å². The highest BCUT2D eigenvalue weighted by molar-refractivity contribution is 7.51. The van der Waals surface area contributed by atoms with E-state index < -0.39 is 38.6 Å². The molecular weight excluding hydrogens is 283 g/mol. The fourth-order valence-corrected chi connectivity index (χ4v) is 1.24. The normalized spacial score (nSPS) is 13.7. The first kappa shape index (κ1) is 17.5. The van der Waals surface area contributed by atoms with Crippen LogP contribution in [0.25, 0.3) is 0 Å². The Morgan fingerprint density at radius 2 is 2.16 bits per heavy atom. The number of carbonyl (C=O) groups excluding carboxylic acids is 2. The molecule has 19 heavy (non-hydrogen) atoms. The number of nitrogens with one attached hydrogen (secondary N) is 2. The van der Waals surface area contributed by atoms with Crippen molar-refractivity contribution < 1.29 is 33.8 Å². The van der Waals surface area contributed by atoms with E-state index in [4.69, 9.17) is 20.6 Å². The van der Waals surface area contributed by atoms with E-state index in [1.165, 1.54) is 0 Å². The Morgan fingerprint density at radius 3 is 2.63 bits per heavy atom. The lowest BCUT2D eigenvalue weighted by Gasteiger charge is -2.16. The van der Waals surface area contributed by atoms with Crippen LogP contribution in [0.3, 0.4) is 0 Å². The summed E-state index contributed by atoms with van der Waals surface area (Å²) in [6.07, 6.45) is -1.74. The van der Waals surface area contributed by atoms with Crippen molar-refractivity contribution in [3.63, 3.8) is 0 Å². The molecule has 1 unspecified atom stereocenters. The average molecular weight is 298 g/mol. The second-order valence-corrected chi connectivity index (χ2v) is 4.81. The highest BCUT2D eigenvalue weighted by Gasteiger charge is 2.18. The summed E-state index contributed by atoms with van der Waals surface area (Å²) in [4.78, 5) is 41.2. The van der Waals surface area contributed by atoms with Gasteiger partial charge in [0.2, 0.25) is 12.4 Å². The molecule has 7 N–H and O–H groups in total. The molecule has 0 heterocycles. The minimum absolute atomic E-state index is 0.134. The molecule has 0 aliphatic rings. The van der Waals surface area contributed by atoms with Crippen LogP contribution in [-0.2, 0) is 14.1 Å². The number of amides is 3. The number of aliphatic hydroxyl groups is 1. The Morgan fingerprint density at radius 1 is 1.53 bits per heavy atom. The van der Waals surface area contributed by atoms with Crippen molar-refractivity contribution in [2.75, 3.05) is 19.5 Å². The molecular formula is C7H15N4O7P. The number of ether oxygens (including phenoxy) is 1. The van der Waals surface area contributed by atoms with Gasteiger partial charge in [-0.05, 0) is 0 Å². The van der Waals surface area contributed by atoms with Gasteiger partial charge in [-0.3, -0.25) is 14.7 Å². The summed E-state index contributed by atoms with van der Waals surface area (Å²) >= 11 is 0. The van der Waals surface area contributed by atoms with Gasteiger partial charge in [0, 0.05) is 6.54 Å². The fourth-order valence-electron chi connectivity index (χ4n) is 0.835. The summed E-state index contributed by atoms with van der Waals surface area (Å²) in [7, 11) is -4.35. The van der Waals surface area contributed by atoms with E-state index >= 15 is 0 Å². The Bertz CT molecular complexity index is 382. The van der Waals surface area contributed by atoms with Gasteiger partial charge in [0.15, 0.2) is 0 Å². The maximum Gasteiger partial charge on any atom is 0.350 e. The molecule has 12 heteroatoms. The van der Waals surface area contributed by atoms with Crippen LogP contribution in [0.4, 0.5) is 4.79 Å². The molecule has 0 aromatic carbocycles. The molecule has 110 valence electrons. The number of guanidine groups is 1. The van der Waals surface area contributed by atoms with Gasteiger partial charge in [-0.2, -0.15) is 4.99 Å². The van der Waals surface area contributed by atoms with Crippen LogP contribution in [-0.4, -0.2) is 58.9 Å². The van der Waals surface area contributed by atoms with Crippen LogP contribution in [0.1, 0.15) is 0 Å². The summed E-state index contributed by atoms with van der Waals surface area (Å²) in [5.41, 5.74) is 5.10. The smallest absolute Gasteiger partial charge is 0.350 e. The maximum absolute atomic E-state index is 11.2. The average Bonchev–Trinajstić information content (AvgIpc) is 2.28. The van der Waals surface area contributed by atoms with Crippen molar-refractivity contribution >= 4 is 26.0 Å². The molecule has 0 saturated heterocycles. The monoisotopic (exact) mass is 298 g/mol. The molecule has 0 aliphatic heterocycles. The number of nitrogens with two attached hydrogens (primary N) is 1. The Labute approximate surface area is 108 Å². The first-order chi connectivity index (χ1) is 8.78. The first-order valence-electron chi connectivity index (χ1n) is 4.87. The van der Waals surface area contributed by atoms with E-state index in [0.717, 1.165) is 0 Å². The SMILES string of the molecule is NC(=NC=O)NC(=O)NCC(CO)OCP(=O)(O)O. The Balaban J connectivity index is 4.07. The zero-order valence-corrected chi connectivity index (χ0v) is 10.6. The van der Waals surface area contributed by atoms with Gasteiger partial charge in [-0.1, -0.05) is 0 Å². The molecule has 0 fully saturated rings. The van der Waals surface area contributed by atoms with Crippen LogP contribution < -0.4 is 16.4 Å². The second-order valence-electron chi connectivity index (χ2n) is 3.22. The van der Waals surface area contributed by atoms with Crippen molar-refractivity contribution in [3.8, 4) is 0 Å². The highest BCUT2D eigenvalue weighted by atomic mass is 31.2. The number of aliphatic imine (C=N–C) groups is 1. The van der Waals surface area contributed by atoms with Crippen molar-refractivity contribution in [1.29, 1.82) is 0 Å². The highest BCUT2D eigenvalue weighted by Crippen LogP contribution is 2.34. The van der Waals surface area contributed by atoms with Gasteiger partial charge in [-0.15, -0.1) is 0 Å². The standard InChI is InChI=1S/C7H15N4O7P/c8-6(10-3-13)11-7(14)9-1-5(2-12)18-4-19(15,16)17/h3,5,12H,1-2,4H2,(H2,15,16,17)(H4,8,9,10,11,13,14). The third-order valence-corrected chi connectivity index (χ3v) is 2.09. The first-order valence-corrected chi connectivity index (χ1v) is 6.67. The predicted molar refractivity (Wildman–Crippen MR) is 63.1 cm³/mol. The summed E-state index contributed by atoms with van der Waals surface area (Å²) in [5.74, 6) is -0.427. The minimum Gasteiger partial charge on any atom is -0.394 e. The lowest BCUT2D eigenvalue weighted by atomic mass is 10.4. The van der Waals surface area contributed by atoms with Crippen molar-refractivity contribution in [3.05, 3.63) is 0 Å². The number of aliphatic hydroxyl groups excluding tert-OH is 1. The lowest BCUT2D eigenvalue weighted by molar-refractivity contribution is -0.106. The predicted octanol–water partition coefficient (Wildman–Crippen LogP) is -2.73. The van der Waals surface area contributed by atoms with Gasteiger partial charge in [-0.25, -0.2) is 4.79 Å². The van der Waals surface area contributed by atoms with Gasteiger partial charge in [0.1, 0.15) is 6.35 Å². The van der Waals surface area contributed by atoms with Crippen LogP contribution >= 0.6 is 7.60 Å². The van der Waals surface area contributed by atoms with E-state index in [-0.39, 0.29) is 13.0 Å². The third kappa shape index (κ3) is 10.1. The third-order valence-electron chi connectivity index (χ3n) is 1.61. The van der Waals surface area contributed by atoms with Crippen molar-refractivity contribution in [2.45, 2.75) is 6.10 Å².